The molecule has 0 saturated heterocycles. The van der Waals surface area contributed by atoms with Crippen LogP contribution in [0.4, 0.5) is 0 Å². The second kappa shape index (κ2) is 7.42. The number of aryl methyl sites for hydroxylation is 1. The van der Waals surface area contributed by atoms with Crippen LogP contribution in [0.15, 0.2) is 46.1 Å². The van der Waals surface area contributed by atoms with E-state index in [0.29, 0.717) is 12.3 Å². The van der Waals surface area contributed by atoms with Gasteiger partial charge in [-0.15, -0.1) is 0 Å². The molecule has 2 aromatic rings. The average Bonchev–Trinajstić information content (AvgIpc) is 2.58. The summed E-state index contributed by atoms with van der Waals surface area (Å²) in [5, 5.41) is 19.0. The topological polar surface area (TPSA) is 97.2 Å². The molecule has 0 aliphatic rings. The molecule has 0 aliphatic carbocycles. The Balaban J connectivity index is 2.17. The van der Waals surface area contributed by atoms with E-state index in [-0.39, 0.29) is 18.7 Å². The second-order valence-electron chi connectivity index (χ2n) is 4.92. The van der Waals surface area contributed by atoms with Gasteiger partial charge in [0.25, 0.3) is 5.56 Å². The third-order valence-corrected chi connectivity index (χ3v) is 3.28. The summed E-state index contributed by atoms with van der Waals surface area (Å²) in [5.41, 5.74) is -1.40. The van der Waals surface area contributed by atoms with Gasteiger partial charge in [-0.25, -0.2) is 4.79 Å². The quantitative estimate of drug-likeness (QED) is 0.829. The molecule has 2 rings (SSSR count). The number of aromatic nitrogens is 2. The van der Waals surface area contributed by atoms with Gasteiger partial charge in [0.2, 0.25) is 0 Å². The minimum Gasteiger partial charge on any atom is -0.491 e. The van der Waals surface area contributed by atoms with Crippen LogP contribution in [-0.2, 0) is 13.1 Å². The zero-order valence-corrected chi connectivity index (χ0v) is 12.7. The number of hydrogen-bond donors (Lipinski definition) is 1. The molecule has 0 unspecified atom stereocenters. The Labute approximate surface area is 132 Å². The monoisotopic (exact) mass is 315 g/mol. The van der Waals surface area contributed by atoms with Crippen LogP contribution in [0.2, 0.25) is 0 Å². The Hall–Kier alpha value is -2.85. The Morgan fingerprint density at radius 1 is 1.30 bits per heavy atom. The van der Waals surface area contributed by atoms with Crippen LogP contribution in [0, 0.1) is 11.3 Å². The molecule has 23 heavy (non-hydrogen) atoms. The van der Waals surface area contributed by atoms with E-state index in [1.807, 2.05) is 6.07 Å². The van der Waals surface area contributed by atoms with Gasteiger partial charge in [0.15, 0.2) is 0 Å². The molecule has 1 atom stereocenters. The first-order valence-corrected chi connectivity index (χ1v) is 7.17. The Bertz CT molecular complexity index is 818. The average molecular weight is 315 g/mol. The van der Waals surface area contributed by atoms with Crippen LogP contribution in [-0.4, -0.2) is 27.0 Å². The lowest BCUT2D eigenvalue weighted by Crippen LogP contribution is -2.44. The largest absolute Gasteiger partial charge is 0.491 e. The summed E-state index contributed by atoms with van der Waals surface area (Å²) in [6.45, 7) is 1.75. The molecule has 0 aliphatic heterocycles. The molecule has 1 N–H and O–H groups in total. The van der Waals surface area contributed by atoms with Gasteiger partial charge in [0, 0.05) is 12.7 Å². The van der Waals surface area contributed by atoms with Gasteiger partial charge in [-0.3, -0.25) is 13.9 Å². The molecule has 0 amide bonds. The molecule has 0 saturated carbocycles. The van der Waals surface area contributed by atoms with Gasteiger partial charge >= 0.3 is 5.69 Å². The van der Waals surface area contributed by atoms with Crippen molar-refractivity contribution >= 4 is 0 Å². The highest BCUT2D eigenvalue weighted by Gasteiger charge is 2.14. The molecule has 0 spiro atoms. The summed E-state index contributed by atoms with van der Waals surface area (Å²) in [6.07, 6.45) is 0.174. The summed E-state index contributed by atoms with van der Waals surface area (Å²) in [5.74, 6) is 0.579. The summed E-state index contributed by atoms with van der Waals surface area (Å²) < 4.78 is 7.51. The molecular weight excluding hydrogens is 298 g/mol. The maximum atomic E-state index is 12.2. The van der Waals surface area contributed by atoms with Crippen LogP contribution in [0.5, 0.6) is 5.75 Å². The molecule has 0 radical (unpaired) electrons. The first kappa shape index (κ1) is 16.5. The predicted octanol–water partition coefficient (Wildman–Crippen LogP) is 0.341. The van der Waals surface area contributed by atoms with Crippen molar-refractivity contribution in [2.24, 2.45) is 0 Å². The number of para-hydroxylation sites is 1. The van der Waals surface area contributed by atoms with Gasteiger partial charge in [0.1, 0.15) is 30.1 Å². The zero-order valence-electron chi connectivity index (χ0n) is 12.7. The van der Waals surface area contributed by atoms with Crippen LogP contribution >= 0.6 is 0 Å². The van der Waals surface area contributed by atoms with Crippen LogP contribution in [0.25, 0.3) is 0 Å². The van der Waals surface area contributed by atoms with Crippen molar-refractivity contribution in [1.29, 1.82) is 5.26 Å². The van der Waals surface area contributed by atoms with Crippen molar-refractivity contribution in [3.8, 4) is 11.8 Å². The number of benzene rings is 1. The summed E-state index contributed by atoms with van der Waals surface area (Å²) >= 11 is 0. The number of nitriles is 1. The van der Waals surface area contributed by atoms with Gasteiger partial charge in [-0.05, 0) is 19.1 Å². The standard InChI is InChI=1S/C16H17N3O4/c1-2-18-9-12(8-17)15(21)19(16(18)22)10-13(20)11-23-14-6-4-3-5-7-14/h3-7,9,13,20H,2,10-11H2,1H3/t13-/m0/s1. The maximum Gasteiger partial charge on any atom is 0.331 e. The second-order valence-corrected chi connectivity index (χ2v) is 4.92. The summed E-state index contributed by atoms with van der Waals surface area (Å²) in [6, 6.07) is 10.7. The van der Waals surface area contributed by atoms with Crippen molar-refractivity contribution in [1.82, 2.24) is 9.13 Å². The Kier molecular flexibility index (Phi) is 5.33. The number of aliphatic hydroxyl groups is 1. The van der Waals surface area contributed by atoms with Gasteiger partial charge in [-0.2, -0.15) is 5.26 Å². The summed E-state index contributed by atoms with van der Waals surface area (Å²) in [7, 11) is 0. The van der Waals surface area contributed by atoms with E-state index in [9.17, 15) is 14.7 Å². The highest BCUT2D eigenvalue weighted by atomic mass is 16.5. The molecule has 0 bridgehead atoms. The molecule has 1 aromatic heterocycles. The van der Waals surface area contributed by atoms with Gasteiger partial charge in [0.05, 0.1) is 6.54 Å². The van der Waals surface area contributed by atoms with Crippen molar-refractivity contribution in [2.75, 3.05) is 6.61 Å². The number of aliphatic hydroxyl groups excluding tert-OH is 1. The minimum absolute atomic E-state index is 0.0706. The van der Waals surface area contributed by atoms with Gasteiger partial charge in [-0.1, -0.05) is 18.2 Å². The fraction of sp³-hybridized carbons (Fsp3) is 0.312. The lowest BCUT2D eigenvalue weighted by molar-refractivity contribution is 0.0899. The highest BCUT2D eigenvalue weighted by molar-refractivity contribution is 5.22. The SMILES string of the molecule is CCn1cc(C#N)c(=O)n(C[C@H](O)COc2ccccc2)c1=O. The number of nitrogens with zero attached hydrogens (tertiary/aromatic N) is 3. The fourth-order valence-electron chi connectivity index (χ4n) is 2.09. The minimum atomic E-state index is -1.06. The van der Waals surface area contributed by atoms with Crippen molar-refractivity contribution in [2.45, 2.75) is 26.1 Å². The van der Waals surface area contributed by atoms with Crippen molar-refractivity contribution in [3.63, 3.8) is 0 Å². The van der Waals surface area contributed by atoms with E-state index in [1.54, 1.807) is 37.3 Å². The van der Waals surface area contributed by atoms with Crippen molar-refractivity contribution in [3.05, 3.63) is 62.9 Å². The van der Waals surface area contributed by atoms with E-state index in [0.717, 1.165) is 4.57 Å². The lowest BCUT2D eigenvalue weighted by Gasteiger charge is -2.14. The zero-order chi connectivity index (χ0) is 16.8. The third-order valence-electron chi connectivity index (χ3n) is 3.28. The van der Waals surface area contributed by atoms with Crippen LogP contribution in [0.1, 0.15) is 12.5 Å². The molecule has 7 heteroatoms. The van der Waals surface area contributed by atoms with E-state index >= 15 is 0 Å². The molecule has 7 nitrogen and oxygen atoms in total. The Morgan fingerprint density at radius 3 is 2.61 bits per heavy atom. The first-order chi connectivity index (χ1) is 11.1. The first-order valence-electron chi connectivity index (χ1n) is 7.17. The van der Waals surface area contributed by atoms with E-state index in [2.05, 4.69) is 0 Å². The highest BCUT2D eigenvalue weighted by Crippen LogP contribution is 2.08. The summed E-state index contributed by atoms with van der Waals surface area (Å²) in [4.78, 5) is 24.2. The smallest absolute Gasteiger partial charge is 0.331 e. The third kappa shape index (κ3) is 3.87. The number of ether oxygens (including phenoxy) is 1. The normalized spacial score (nSPS) is 11.7. The lowest BCUT2D eigenvalue weighted by atomic mass is 10.3. The predicted molar refractivity (Wildman–Crippen MR) is 83.3 cm³/mol. The molecule has 0 fully saturated rings. The molecular formula is C16H17N3O4. The number of hydrogen-bond acceptors (Lipinski definition) is 5. The van der Waals surface area contributed by atoms with Crippen molar-refractivity contribution < 1.29 is 9.84 Å². The van der Waals surface area contributed by atoms with Crippen LogP contribution < -0.4 is 16.0 Å². The molecule has 1 heterocycles. The van der Waals surface area contributed by atoms with Gasteiger partial charge < -0.3 is 9.84 Å². The molecule has 1 aromatic carbocycles. The molecule has 120 valence electrons. The van der Waals surface area contributed by atoms with E-state index < -0.39 is 17.4 Å². The number of rotatable bonds is 6. The van der Waals surface area contributed by atoms with Crippen LogP contribution in [0.3, 0.4) is 0 Å². The Morgan fingerprint density at radius 2 is 2.00 bits per heavy atom. The maximum absolute atomic E-state index is 12.2. The van der Waals surface area contributed by atoms with E-state index in [1.165, 1.54) is 10.8 Å². The fourth-order valence-corrected chi connectivity index (χ4v) is 2.09. The van der Waals surface area contributed by atoms with E-state index in [4.69, 9.17) is 10.00 Å².